The van der Waals surface area contributed by atoms with Crippen LogP contribution in [-0.2, 0) is 9.59 Å². The number of hydrogen-bond donors (Lipinski definition) is 2. The van der Waals surface area contributed by atoms with Crippen LogP contribution in [0.25, 0.3) is 0 Å². The summed E-state index contributed by atoms with van der Waals surface area (Å²) in [4.78, 5) is 22.0. The monoisotopic (exact) mass is 184 g/mol. The maximum Gasteiger partial charge on any atom is 0.242 e. The van der Waals surface area contributed by atoms with E-state index < -0.39 is 6.04 Å². The van der Waals surface area contributed by atoms with Crippen molar-refractivity contribution in [3.63, 3.8) is 0 Å². The predicted molar refractivity (Wildman–Crippen MR) is 49.0 cm³/mol. The summed E-state index contributed by atoms with van der Waals surface area (Å²) >= 11 is 0. The highest BCUT2D eigenvalue weighted by molar-refractivity contribution is 5.86. The predicted octanol–water partition coefficient (Wildman–Crippen LogP) is 0.0356. The Morgan fingerprint density at radius 2 is 2.00 bits per heavy atom. The second-order valence-corrected chi connectivity index (χ2v) is 3.75. The summed E-state index contributed by atoms with van der Waals surface area (Å²) in [5.41, 5.74) is 0. The standard InChI is InChI=1S/C9H16N2O2/c1-5-4-8(5)11-9(13)6(2)10-7(3)12/h5-6,8H,4H2,1-3H3,(H,10,12)(H,11,13)/t5-,6?,8-/m1/s1. The van der Waals surface area contributed by atoms with Gasteiger partial charge in [0.2, 0.25) is 11.8 Å². The fourth-order valence-corrected chi connectivity index (χ4v) is 1.20. The van der Waals surface area contributed by atoms with Gasteiger partial charge in [0.15, 0.2) is 0 Å². The van der Waals surface area contributed by atoms with Crippen LogP contribution in [-0.4, -0.2) is 23.9 Å². The van der Waals surface area contributed by atoms with Crippen molar-refractivity contribution in [2.45, 2.75) is 39.3 Å². The molecular weight excluding hydrogens is 168 g/mol. The van der Waals surface area contributed by atoms with Crippen LogP contribution in [0.2, 0.25) is 0 Å². The van der Waals surface area contributed by atoms with Crippen molar-refractivity contribution in [2.24, 2.45) is 5.92 Å². The van der Waals surface area contributed by atoms with Gasteiger partial charge in [-0.2, -0.15) is 0 Å². The van der Waals surface area contributed by atoms with Gasteiger partial charge >= 0.3 is 0 Å². The fourth-order valence-electron chi connectivity index (χ4n) is 1.20. The van der Waals surface area contributed by atoms with Crippen molar-refractivity contribution >= 4 is 11.8 Å². The van der Waals surface area contributed by atoms with Gasteiger partial charge in [-0.15, -0.1) is 0 Å². The maximum absolute atomic E-state index is 11.3. The van der Waals surface area contributed by atoms with Crippen molar-refractivity contribution in [1.29, 1.82) is 0 Å². The molecule has 1 aliphatic rings. The molecule has 13 heavy (non-hydrogen) atoms. The van der Waals surface area contributed by atoms with Crippen molar-refractivity contribution in [2.75, 3.05) is 0 Å². The highest BCUT2D eigenvalue weighted by Gasteiger charge is 2.34. The first-order valence-electron chi connectivity index (χ1n) is 4.58. The van der Waals surface area contributed by atoms with Gasteiger partial charge in [-0.1, -0.05) is 6.92 Å². The third-order valence-corrected chi connectivity index (χ3v) is 2.25. The minimum absolute atomic E-state index is 0.0930. The molecule has 0 aliphatic heterocycles. The molecule has 0 heterocycles. The minimum Gasteiger partial charge on any atom is -0.351 e. The molecule has 0 radical (unpaired) electrons. The quantitative estimate of drug-likeness (QED) is 0.650. The molecular formula is C9H16N2O2. The average Bonchev–Trinajstić information content (AvgIpc) is 2.64. The average molecular weight is 184 g/mol. The Morgan fingerprint density at radius 3 is 2.38 bits per heavy atom. The SMILES string of the molecule is CC(=O)NC(C)C(=O)N[C@@H]1C[C@H]1C. The van der Waals surface area contributed by atoms with Gasteiger partial charge in [0.05, 0.1) is 0 Å². The molecule has 2 amide bonds. The summed E-state index contributed by atoms with van der Waals surface area (Å²) in [5.74, 6) is 0.324. The second kappa shape index (κ2) is 3.77. The molecule has 0 aromatic heterocycles. The van der Waals surface area contributed by atoms with Crippen LogP contribution in [0.15, 0.2) is 0 Å². The van der Waals surface area contributed by atoms with E-state index in [1.807, 2.05) is 0 Å². The summed E-state index contributed by atoms with van der Waals surface area (Å²) < 4.78 is 0. The zero-order valence-corrected chi connectivity index (χ0v) is 8.26. The molecule has 4 nitrogen and oxygen atoms in total. The van der Waals surface area contributed by atoms with Crippen LogP contribution in [0.5, 0.6) is 0 Å². The summed E-state index contributed by atoms with van der Waals surface area (Å²) in [7, 11) is 0. The Balaban J connectivity index is 2.26. The Bertz CT molecular complexity index is 228. The van der Waals surface area contributed by atoms with Crippen LogP contribution in [0.3, 0.4) is 0 Å². The van der Waals surface area contributed by atoms with Crippen LogP contribution in [0, 0.1) is 5.92 Å². The van der Waals surface area contributed by atoms with Gasteiger partial charge in [-0.25, -0.2) is 0 Å². The molecule has 0 saturated heterocycles. The first-order chi connectivity index (χ1) is 6.00. The van der Waals surface area contributed by atoms with Gasteiger partial charge in [-0.3, -0.25) is 9.59 Å². The topological polar surface area (TPSA) is 58.2 Å². The smallest absolute Gasteiger partial charge is 0.242 e. The molecule has 1 unspecified atom stereocenters. The Hall–Kier alpha value is -1.06. The van der Waals surface area contributed by atoms with Crippen molar-refractivity contribution in [3.8, 4) is 0 Å². The lowest BCUT2D eigenvalue weighted by molar-refractivity contribution is -0.127. The normalized spacial score (nSPS) is 27.6. The molecule has 1 saturated carbocycles. The summed E-state index contributed by atoms with van der Waals surface area (Å²) in [6.45, 7) is 5.18. The molecule has 0 spiro atoms. The van der Waals surface area contributed by atoms with E-state index in [1.165, 1.54) is 6.92 Å². The molecule has 1 fully saturated rings. The van der Waals surface area contributed by atoms with E-state index in [4.69, 9.17) is 0 Å². The molecule has 0 aromatic rings. The number of rotatable bonds is 3. The number of carbonyl (C=O) groups is 2. The van der Waals surface area contributed by atoms with E-state index in [1.54, 1.807) is 6.92 Å². The molecule has 3 atom stereocenters. The number of hydrogen-bond acceptors (Lipinski definition) is 2. The minimum atomic E-state index is -0.426. The largest absolute Gasteiger partial charge is 0.351 e. The van der Waals surface area contributed by atoms with Gasteiger partial charge in [-0.05, 0) is 19.3 Å². The van der Waals surface area contributed by atoms with Crippen LogP contribution >= 0.6 is 0 Å². The Labute approximate surface area is 78.1 Å². The van der Waals surface area contributed by atoms with Gasteiger partial charge in [0.1, 0.15) is 6.04 Å². The number of carbonyl (C=O) groups excluding carboxylic acids is 2. The highest BCUT2D eigenvalue weighted by Crippen LogP contribution is 2.28. The van der Waals surface area contributed by atoms with Crippen LogP contribution in [0.4, 0.5) is 0 Å². The molecule has 0 aromatic carbocycles. The number of amides is 2. The molecule has 1 rings (SSSR count). The summed E-state index contributed by atoms with van der Waals surface area (Å²) in [6, 6.07) is -0.103. The van der Waals surface area contributed by atoms with Gasteiger partial charge in [0, 0.05) is 13.0 Å². The molecule has 2 N–H and O–H groups in total. The van der Waals surface area contributed by atoms with E-state index in [9.17, 15) is 9.59 Å². The lowest BCUT2D eigenvalue weighted by atomic mass is 10.3. The maximum atomic E-state index is 11.3. The zero-order chi connectivity index (χ0) is 10.0. The fraction of sp³-hybridized carbons (Fsp3) is 0.778. The molecule has 74 valence electrons. The second-order valence-electron chi connectivity index (χ2n) is 3.75. The summed E-state index contributed by atoms with van der Waals surface area (Å²) in [5, 5.41) is 5.39. The van der Waals surface area contributed by atoms with Crippen LogP contribution in [0.1, 0.15) is 27.2 Å². The van der Waals surface area contributed by atoms with Gasteiger partial charge < -0.3 is 10.6 Å². The molecule has 1 aliphatic carbocycles. The molecule has 4 heteroatoms. The number of nitrogens with one attached hydrogen (secondary N) is 2. The first kappa shape index (κ1) is 10.0. The first-order valence-corrected chi connectivity index (χ1v) is 4.58. The van der Waals surface area contributed by atoms with Crippen LogP contribution < -0.4 is 10.6 Å². The lowest BCUT2D eigenvalue weighted by Crippen LogP contribution is -2.45. The van der Waals surface area contributed by atoms with E-state index in [0.717, 1.165) is 6.42 Å². The molecule has 0 bridgehead atoms. The highest BCUT2D eigenvalue weighted by atomic mass is 16.2. The van der Waals surface area contributed by atoms with Crippen molar-refractivity contribution in [1.82, 2.24) is 10.6 Å². The Morgan fingerprint density at radius 1 is 1.46 bits per heavy atom. The van der Waals surface area contributed by atoms with E-state index in [-0.39, 0.29) is 11.8 Å². The van der Waals surface area contributed by atoms with Gasteiger partial charge in [0.25, 0.3) is 0 Å². The third kappa shape index (κ3) is 3.05. The van der Waals surface area contributed by atoms with E-state index in [2.05, 4.69) is 17.6 Å². The van der Waals surface area contributed by atoms with E-state index in [0.29, 0.717) is 12.0 Å². The summed E-state index contributed by atoms with van der Waals surface area (Å²) in [6.07, 6.45) is 1.05. The lowest BCUT2D eigenvalue weighted by Gasteiger charge is -2.12. The van der Waals surface area contributed by atoms with E-state index >= 15 is 0 Å². The third-order valence-electron chi connectivity index (χ3n) is 2.25. The van der Waals surface area contributed by atoms with Crippen molar-refractivity contribution in [3.05, 3.63) is 0 Å². The van der Waals surface area contributed by atoms with Crippen molar-refractivity contribution < 1.29 is 9.59 Å². The zero-order valence-electron chi connectivity index (χ0n) is 8.26. The Kier molecular flexibility index (Phi) is 2.90.